The van der Waals surface area contributed by atoms with Crippen LogP contribution in [0.4, 0.5) is 26.3 Å². The molecule has 0 saturated heterocycles. The number of benzene rings is 3. The maximum atomic E-state index is 12.7. The zero-order valence-corrected chi connectivity index (χ0v) is 30.1. The van der Waals surface area contributed by atoms with E-state index in [9.17, 15) is 39.6 Å². The van der Waals surface area contributed by atoms with Gasteiger partial charge in [-0.1, -0.05) is 47.0 Å². The van der Waals surface area contributed by atoms with Crippen molar-refractivity contribution in [3.05, 3.63) is 98.5 Å². The van der Waals surface area contributed by atoms with Gasteiger partial charge in [0.2, 0.25) is 0 Å². The second-order valence-corrected chi connectivity index (χ2v) is 11.6. The normalized spacial score (nSPS) is 11.5. The minimum atomic E-state index is -4.54. The van der Waals surface area contributed by atoms with E-state index in [1.54, 1.807) is 12.1 Å². The van der Waals surface area contributed by atoms with Gasteiger partial charge in [0, 0.05) is 55.2 Å². The predicted molar refractivity (Wildman–Crippen MR) is 175 cm³/mol. The third kappa shape index (κ3) is 17.9. The Labute approximate surface area is 297 Å². The monoisotopic (exact) mass is 782 g/mol. The van der Waals surface area contributed by atoms with Crippen molar-refractivity contribution in [1.82, 2.24) is 0 Å². The molecule has 3 rings (SSSR count). The zero-order chi connectivity index (χ0) is 38.7. The number of ether oxygens (including phenoxy) is 5. The lowest BCUT2D eigenvalue weighted by molar-refractivity contribution is -0.282. The van der Waals surface area contributed by atoms with Crippen LogP contribution in [0.1, 0.15) is 59.7 Å². The molecule has 0 aromatic heterocycles. The fraction of sp³-hybridized carbons (Fsp3) is 0.406. The Hall–Kier alpha value is -2.80. The fourth-order valence-corrected chi connectivity index (χ4v) is 4.29. The number of halogens is 8. The summed E-state index contributed by atoms with van der Waals surface area (Å²) < 4.78 is 129. The van der Waals surface area contributed by atoms with Crippen LogP contribution < -0.4 is 0 Å². The third-order valence-corrected chi connectivity index (χ3v) is 7.02. The average Bonchev–Trinajstić information content (AvgIpc) is 3.02. The summed E-state index contributed by atoms with van der Waals surface area (Å²) in [5.41, 5.74) is -1.40. The lowest BCUT2D eigenvalue weighted by atomic mass is 10.1. The van der Waals surface area contributed by atoms with Gasteiger partial charge in [0.1, 0.15) is 0 Å². The van der Waals surface area contributed by atoms with Crippen molar-refractivity contribution in [3.8, 4) is 0 Å². The van der Waals surface area contributed by atoms with Crippen molar-refractivity contribution < 1.29 is 67.8 Å². The minimum Gasteiger partial charge on any atom is -0.352 e. The smallest absolute Gasteiger partial charge is 0.352 e. The summed E-state index contributed by atoms with van der Waals surface area (Å²) in [6.07, 6.45) is -9.94. The van der Waals surface area contributed by atoms with Gasteiger partial charge in [0.25, 0.3) is 16.6 Å². The van der Waals surface area contributed by atoms with Gasteiger partial charge in [-0.15, -0.1) is 0 Å². The van der Waals surface area contributed by atoms with Gasteiger partial charge >= 0.3 is 12.4 Å². The lowest BCUT2D eigenvalue weighted by Crippen LogP contribution is -2.20. The number of hydrogen-bond donors (Lipinski definition) is 1. The topological polar surface area (TPSA) is 118 Å². The Bertz CT molecular complexity index is 1520. The van der Waals surface area contributed by atoms with E-state index < -0.39 is 51.9 Å². The van der Waals surface area contributed by atoms with E-state index in [1.165, 1.54) is 44.6 Å². The Morgan fingerprint density at radius 2 is 1.16 bits per heavy atom. The van der Waals surface area contributed by atoms with Crippen LogP contribution in [0.15, 0.2) is 65.6 Å². The first-order chi connectivity index (χ1) is 23.2. The van der Waals surface area contributed by atoms with E-state index in [-0.39, 0.29) is 26.8 Å². The Morgan fingerprint density at radius 1 is 0.740 bits per heavy atom. The molecule has 3 aromatic carbocycles. The van der Waals surface area contributed by atoms with Crippen molar-refractivity contribution in [2.75, 3.05) is 34.0 Å². The molecule has 3 aromatic rings. The Kier molecular flexibility index (Phi) is 21.6. The third-order valence-electron chi connectivity index (χ3n) is 5.68. The van der Waals surface area contributed by atoms with Gasteiger partial charge in [0.05, 0.1) is 16.0 Å². The van der Waals surface area contributed by atoms with Crippen LogP contribution in [0, 0.1) is 6.92 Å². The van der Waals surface area contributed by atoms with Gasteiger partial charge in [-0.25, -0.2) is 0 Å². The number of aryl methyl sites for hydroxylation is 1. The van der Waals surface area contributed by atoms with Crippen LogP contribution in [0.2, 0.25) is 10.0 Å². The Morgan fingerprint density at radius 3 is 1.52 bits per heavy atom. The van der Waals surface area contributed by atoms with Crippen LogP contribution in [0.5, 0.6) is 0 Å². The summed E-state index contributed by atoms with van der Waals surface area (Å²) in [5, 5.41) is -0.0278. The molecule has 18 heteroatoms. The molecule has 0 unspecified atom stereocenters. The molecule has 0 radical (unpaired) electrons. The zero-order valence-electron chi connectivity index (χ0n) is 27.8. The van der Waals surface area contributed by atoms with Gasteiger partial charge < -0.3 is 23.7 Å². The highest BCUT2D eigenvalue weighted by Gasteiger charge is 2.36. The summed E-state index contributed by atoms with van der Waals surface area (Å²) in [6, 6.07) is 12.4. The standard InChI is InChI=1S/C10H10ClF3O2.C8H4ClF3O.C7H8O3S.C7H16O3/c1-15-9(16-2)7-4-3-6(11)5-8(7)10(12,13)14;9-6-2-1-5(4-13)7(3-6)8(10,11)12;1-6-2-4-7(5-3-6)11(8,9)10;1-4-8-7(9-5-2)10-6-3/h3-5,9H,1-2H3;1-4H;2-5H,1H3,(H,8,9,10);7H,4-6H2,1-3H3. The summed E-state index contributed by atoms with van der Waals surface area (Å²) in [7, 11) is -1.49. The molecule has 0 bridgehead atoms. The lowest BCUT2D eigenvalue weighted by Gasteiger charge is -2.19. The molecule has 0 saturated carbocycles. The number of carbonyl (C=O) groups excluding carboxylic acids is 1. The Balaban J connectivity index is 0.000000651. The highest BCUT2D eigenvalue weighted by Crippen LogP contribution is 2.37. The second kappa shape index (κ2) is 22.9. The van der Waals surface area contributed by atoms with E-state index in [1.807, 2.05) is 27.7 Å². The predicted octanol–water partition coefficient (Wildman–Crippen LogP) is 9.44. The number of alkyl halides is 6. The molecule has 0 fully saturated rings. The first kappa shape index (κ1) is 47.2. The van der Waals surface area contributed by atoms with E-state index in [0.717, 1.165) is 23.8 Å². The SMILES string of the molecule is CCOC(OCC)OCC.COC(OC)c1ccc(Cl)cc1C(F)(F)F.Cc1ccc(S(=O)(=O)O)cc1.O=Cc1ccc(Cl)cc1C(F)(F)F. The quantitative estimate of drug-likeness (QED) is 0.0879. The highest BCUT2D eigenvalue weighted by atomic mass is 35.5. The average molecular weight is 784 g/mol. The molecule has 9 nitrogen and oxygen atoms in total. The van der Waals surface area contributed by atoms with Crippen LogP contribution >= 0.6 is 23.2 Å². The summed E-state index contributed by atoms with van der Waals surface area (Å²) in [4.78, 5) is 10.2. The van der Waals surface area contributed by atoms with E-state index >= 15 is 0 Å². The first-order valence-electron chi connectivity index (χ1n) is 14.3. The maximum absolute atomic E-state index is 12.7. The molecular weight excluding hydrogens is 745 g/mol. The van der Waals surface area contributed by atoms with Crippen molar-refractivity contribution in [2.24, 2.45) is 0 Å². The van der Waals surface area contributed by atoms with Crippen molar-refractivity contribution in [1.29, 1.82) is 0 Å². The second-order valence-electron chi connectivity index (χ2n) is 9.32. The fourth-order valence-electron chi connectivity index (χ4n) is 3.47. The molecule has 1 N–H and O–H groups in total. The molecule has 50 heavy (non-hydrogen) atoms. The minimum absolute atomic E-state index is 0.0158. The molecular formula is C32H38Cl2F6O9S. The summed E-state index contributed by atoms with van der Waals surface area (Å²) >= 11 is 10.9. The number of carbonyl (C=O) groups is 1. The first-order valence-corrected chi connectivity index (χ1v) is 16.5. The number of aldehydes is 1. The molecule has 0 spiro atoms. The largest absolute Gasteiger partial charge is 0.417 e. The van der Waals surface area contributed by atoms with E-state index in [0.29, 0.717) is 19.8 Å². The summed E-state index contributed by atoms with van der Waals surface area (Å²) in [5.74, 6) is 0. The van der Waals surface area contributed by atoms with Crippen LogP contribution in [0.3, 0.4) is 0 Å². The highest BCUT2D eigenvalue weighted by molar-refractivity contribution is 7.85. The van der Waals surface area contributed by atoms with Gasteiger partial charge in [0.15, 0.2) is 12.6 Å². The molecule has 0 atom stereocenters. The van der Waals surface area contributed by atoms with Gasteiger partial charge in [-0.05, 0) is 70.2 Å². The van der Waals surface area contributed by atoms with Gasteiger partial charge in [-0.2, -0.15) is 34.8 Å². The number of rotatable bonds is 11. The molecule has 0 amide bonds. The van der Waals surface area contributed by atoms with Crippen molar-refractivity contribution in [2.45, 2.75) is 57.7 Å². The van der Waals surface area contributed by atoms with Crippen molar-refractivity contribution >= 4 is 39.6 Å². The van der Waals surface area contributed by atoms with E-state index in [4.69, 9.17) is 51.4 Å². The molecule has 0 heterocycles. The number of methoxy groups -OCH3 is 2. The van der Waals surface area contributed by atoms with Crippen LogP contribution in [-0.2, 0) is 46.2 Å². The van der Waals surface area contributed by atoms with Crippen molar-refractivity contribution in [3.63, 3.8) is 0 Å². The van der Waals surface area contributed by atoms with Gasteiger partial charge in [-0.3, -0.25) is 9.35 Å². The van der Waals surface area contributed by atoms with Crippen LogP contribution in [-0.4, -0.2) is 59.8 Å². The number of hydrogen-bond acceptors (Lipinski definition) is 8. The van der Waals surface area contributed by atoms with E-state index in [2.05, 4.69) is 0 Å². The summed E-state index contributed by atoms with van der Waals surface area (Å²) in [6.45, 7) is 8.94. The maximum Gasteiger partial charge on any atom is 0.417 e. The van der Waals surface area contributed by atoms with Crippen LogP contribution in [0.25, 0.3) is 0 Å². The molecule has 282 valence electrons. The molecule has 0 aliphatic carbocycles. The molecule has 0 aliphatic heterocycles. The molecule has 0 aliphatic rings.